The van der Waals surface area contributed by atoms with Gasteiger partial charge in [-0.15, -0.1) is 0 Å². The van der Waals surface area contributed by atoms with Gasteiger partial charge in [0.15, 0.2) is 0 Å². The standard InChI is InChI=1S/C6H12O6/c7-2-6(11)5(10)4(9)3(8)1-12-6/h3-5,7-11H,1-2H2/t3-,4-,5?,6?/m0/s1. The molecule has 4 atom stereocenters. The van der Waals surface area contributed by atoms with Gasteiger partial charge < -0.3 is 30.3 Å². The molecule has 0 amide bonds. The van der Waals surface area contributed by atoms with Gasteiger partial charge in [-0.2, -0.15) is 0 Å². The Morgan fingerprint density at radius 1 is 1.33 bits per heavy atom. The smallest absolute Gasteiger partial charge is 0.218 e. The number of aliphatic hydroxyl groups excluding tert-OH is 4. The van der Waals surface area contributed by atoms with Crippen LogP contribution in [0.25, 0.3) is 0 Å². The van der Waals surface area contributed by atoms with E-state index in [0.717, 1.165) is 0 Å². The fraction of sp³-hybridized carbons (Fsp3) is 1.00. The minimum atomic E-state index is -2.17. The number of hydrogen-bond donors (Lipinski definition) is 5. The summed E-state index contributed by atoms with van der Waals surface area (Å²) in [6.07, 6.45) is -4.45. The molecular weight excluding hydrogens is 168 g/mol. The topological polar surface area (TPSA) is 110 Å². The van der Waals surface area contributed by atoms with Gasteiger partial charge in [0.25, 0.3) is 0 Å². The van der Waals surface area contributed by atoms with E-state index in [4.69, 9.17) is 20.4 Å². The molecule has 0 aromatic heterocycles. The molecule has 1 rings (SSSR count). The second kappa shape index (κ2) is 3.25. The molecule has 0 aromatic rings. The molecule has 1 heterocycles. The number of ether oxygens (including phenoxy) is 1. The lowest BCUT2D eigenvalue weighted by atomic mass is 9.98. The van der Waals surface area contributed by atoms with Gasteiger partial charge in [0.2, 0.25) is 5.79 Å². The quantitative estimate of drug-likeness (QED) is 0.290. The Hall–Kier alpha value is -0.240. The van der Waals surface area contributed by atoms with Crippen LogP contribution in [0.3, 0.4) is 0 Å². The van der Waals surface area contributed by atoms with Crippen molar-refractivity contribution >= 4 is 0 Å². The van der Waals surface area contributed by atoms with E-state index in [9.17, 15) is 5.11 Å². The first-order chi connectivity index (χ1) is 5.51. The Morgan fingerprint density at radius 3 is 2.42 bits per heavy atom. The van der Waals surface area contributed by atoms with E-state index in [1.165, 1.54) is 0 Å². The fourth-order valence-electron chi connectivity index (χ4n) is 1.03. The van der Waals surface area contributed by atoms with Gasteiger partial charge in [-0.1, -0.05) is 0 Å². The zero-order chi connectivity index (χ0) is 9.35. The summed E-state index contributed by atoms with van der Waals surface area (Å²) in [6.45, 7) is -1.16. The summed E-state index contributed by atoms with van der Waals surface area (Å²) >= 11 is 0. The molecule has 0 aromatic carbocycles. The van der Waals surface area contributed by atoms with Gasteiger partial charge in [-0.3, -0.25) is 0 Å². The molecule has 1 aliphatic heterocycles. The highest BCUT2D eigenvalue weighted by Gasteiger charge is 2.47. The summed E-state index contributed by atoms with van der Waals surface area (Å²) in [5, 5.41) is 45.0. The Bertz CT molecular complexity index is 162. The van der Waals surface area contributed by atoms with Gasteiger partial charge in [-0.25, -0.2) is 0 Å². The highest BCUT2D eigenvalue weighted by atomic mass is 16.7. The van der Waals surface area contributed by atoms with Crippen molar-refractivity contribution in [1.82, 2.24) is 0 Å². The molecule has 1 saturated heterocycles. The van der Waals surface area contributed by atoms with Gasteiger partial charge in [-0.05, 0) is 0 Å². The predicted octanol–water partition coefficient (Wildman–Crippen LogP) is -3.22. The van der Waals surface area contributed by atoms with Gasteiger partial charge in [0.1, 0.15) is 18.3 Å². The minimum Gasteiger partial charge on any atom is -0.391 e. The van der Waals surface area contributed by atoms with Gasteiger partial charge in [0.05, 0.1) is 13.2 Å². The van der Waals surface area contributed by atoms with Crippen LogP contribution in [0.4, 0.5) is 0 Å². The minimum absolute atomic E-state index is 0.324. The van der Waals surface area contributed by atoms with Crippen LogP contribution in [0.5, 0.6) is 0 Å². The molecule has 0 spiro atoms. The first-order valence-corrected chi connectivity index (χ1v) is 3.52. The van der Waals surface area contributed by atoms with Crippen molar-refractivity contribution in [2.45, 2.75) is 24.1 Å². The molecule has 6 nitrogen and oxygen atoms in total. The SMILES string of the molecule is OCC1(O)OC[C@H](O)[C@H](O)C1O. The van der Waals surface area contributed by atoms with Crippen LogP contribution in [0.2, 0.25) is 0 Å². The van der Waals surface area contributed by atoms with Crippen molar-refractivity contribution in [3.63, 3.8) is 0 Å². The van der Waals surface area contributed by atoms with E-state index in [2.05, 4.69) is 4.74 Å². The summed E-state index contributed by atoms with van der Waals surface area (Å²) in [4.78, 5) is 0. The summed E-state index contributed by atoms with van der Waals surface area (Å²) in [5.74, 6) is -2.17. The lowest BCUT2D eigenvalue weighted by Gasteiger charge is -2.40. The molecule has 5 N–H and O–H groups in total. The monoisotopic (exact) mass is 180 g/mol. The molecule has 0 bridgehead atoms. The van der Waals surface area contributed by atoms with Crippen molar-refractivity contribution in [2.75, 3.05) is 13.2 Å². The zero-order valence-corrected chi connectivity index (χ0v) is 6.29. The van der Waals surface area contributed by atoms with E-state index >= 15 is 0 Å². The molecule has 1 aliphatic rings. The third-order valence-electron chi connectivity index (χ3n) is 1.91. The van der Waals surface area contributed by atoms with E-state index in [0.29, 0.717) is 0 Å². The second-order valence-corrected chi connectivity index (χ2v) is 2.82. The first-order valence-electron chi connectivity index (χ1n) is 3.52. The average Bonchev–Trinajstić information content (AvgIpc) is 2.09. The maximum Gasteiger partial charge on any atom is 0.218 e. The van der Waals surface area contributed by atoms with Gasteiger partial charge in [0, 0.05) is 0 Å². The third-order valence-corrected chi connectivity index (χ3v) is 1.91. The lowest BCUT2D eigenvalue weighted by Crippen LogP contribution is -2.62. The number of aliphatic hydroxyl groups is 5. The molecule has 72 valence electrons. The van der Waals surface area contributed by atoms with E-state index in [-0.39, 0.29) is 6.61 Å². The molecule has 0 saturated carbocycles. The van der Waals surface area contributed by atoms with E-state index in [1.54, 1.807) is 0 Å². The largest absolute Gasteiger partial charge is 0.391 e. The molecule has 1 fully saturated rings. The number of rotatable bonds is 1. The lowest BCUT2D eigenvalue weighted by molar-refractivity contribution is -0.331. The van der Waals surface area contributed by atoms with Crippen LogP contribution in [-0.2, 0) is 4.74 Å². The fourth-order valence-corrected chi connectivity index (χ4v) is 1.03. The maximum absolute atomic E-state index is 9.24. The van der Waals surface area contributed by atoms with Gasteiger partial charge >= 0.3 is 0 Å². The van der Waals surface area contributed by atoms with Crippen LogP contribution in [0.1, 0.15) is 0 Å². The summed E-state index contributed by atoms with van der Waals surface area (Å²) in [7, 11) is 0. The normalized spacial score (nSPS) is 49.2. The van der Waals surface area contributed by atoms with Crippen molar-refractivity contribution in [1.29, 1.82) is 0 Å². The predicted molar refractivity (Wildman–Crippen MR) is 36.0 cm³/mol. The van der Waals surface area contributed by atoms with Crippen LogP contribution in [-0.4, -0.2) is 62.8 Å². The van der Waals surface area contributed by atoms with Crippen molar-refractivity contribution in [3.05, 3.63) is 0 Å². The van der Waals surface area contributed by atoms with Crippen LogP contribution >= 0.6 is 0 Å². The van der Waals surface area contributed by atoms with Crippen molar-refractivity contribution in [2.24, 2.45) is 0 Å². The summed E-state index contributed by atoms with van der Waals surface area (Å²) in [5.41, 5.74) is 0. The first kappa shape index (κ1) is 9.85. The van der Waals surface area contributed by atoms with Crippen LogP contribution < -0.4 is 0 Å². The Balaban J connectivity index is 2.71. The third kappa shape index (κ3) is 1.45. The Morgan fingerprint density at radius 2 is 1.92 bits per heavy atom. The molecular formula is C6H12O6. The molecule has 6 heteroatoms. The van der Waals surface area contributed by atoms with Crippen LogP contribution in [0.15, 0.2) is 0 Å². The summed E-state index contributed by atoms with van der Waals surface area (Å²) in [6, 6.07) is 0. The Kier molecular flexibility index (Phi) is 2.67. The number of hydrogen-bond acceptors (Lipinski definition) is 6. The van der Waals surface area contributed by atoms with E-state index in [1.807, 2.05) is 0 Å². The highest BCUT2D eigenvalue weighted by Crippen LogP contribution is 2.22. The maximum atomic E-state index is 9.24. The Labute approximate surface area is 68.6 Å². The van der Waals surface area contributed by atoms with Crippen molar-refractivity contribution < 1.29 is 30.3 Å². The molecule has 12 heavy (non-hydrogen) atoms. The second-order valence-electron chi connectivity index (χ2n) is 2.82. The zero-order valence-electron chi connectivity index (χ0n) is 6.29. The van der Waals surface area contributed by atoms with E-state index < -0.39 is 30.7 Å². The molecule has 0 aliphatic carbocycles. The van der Waals surface area contributed by atoms with Crippen molar-refractivity contribution in [3.8, 4) is 0 Å². The highest BCUT2D eigenvalue weighted by molar-refractivity contribution is 4.90. The summed E-state index contributed by atoms with van der Waals surface area (Å²) < 4.78 is 4.56. The molecule has 2 unspecified atom stereocenters. The average molecular weight is 180 g/mol. The molecule has 0 radical (unpaired) electrons. The van der Waals surface area contributed by atoms with Crippen LogP contribution in [0, 0.1) is 0 Å².